The number of hydrogen-bond acceptors (Lipinski definition) is 3. The van der Waals surface area contributed by atoms with Crippen molar-refractivity contribution >= 4 is 27.3 Å². The summed E-state index contributed by atoms with van der Waals surface area (Å²) in [6.45, 7) is 0. The fraction of sp³-hybridized carbons (Fsp3) is 0. The molecule has 0 spiro atoms. The molecule has 0 unspecified atom stereocenters. The van der Waals surface area contributed by atoms with Crippen molar-refractivity contribution in [3.05, 3.63) is 41.3 Å². The molecule has 1 aromatic carbocycles. The van der Waals surface area contributed by atoms with Crippen LogP contribution < -0.4 is 4.72 Å². The molecule has 0 saturated carbocycles. The predicted molar refractivity (Wildman–Crippen MR) is 60.8 cm³/mol. The number of anilines is 1. The van der Waals surface area contributed by atoms with Gasteiger partial charge in [0.15, 0.2) is 5.03 Å². The highest BCUT2D eigenvalue weighted by molar-refractivity contribution is 7.92. The van der Waals surface area contributed by atoms with Crippen LogP contribution in [0.25, 0.3) is 0 Å². The van der Waals surface area contributed by atoms with E-state index in [0.717, 1.165) is 6.07 Å². The van der Waals surface area contributed by atoms with E-state index >= 15 is 0 Å². The van der Waals surface area contributed by atoms with E-state index in [1.165, 1.54) is 24.4 Å². The van der Waals surface area contributed by atoms with Crippen molar-refractivity contribution < 1.29 is 12.8 Å². The monoisotopic (exact) mass is 275 g/mol. The molecule has 2 aromatic rings. The fourth-order valence-corrected chi connectivity index (χ4v) is 2.31. The van der Waals surface area contributed by atoms with Crippen molar-refractivity contribution in [3.8, 4) is 0 Å². The third-order valence-corrected chi connectivity index (χ3v) is 3.47. The van der Waals surface area contributed by atoms with Crippen molar-refractivity contribution in [1.82, 2.24) is 10.2 Å². The number of rotatable bonds is 3. The first-order chi connectivity index (χ1) is 7.99. The van der Waals surface area contributed by atoms with Gasteiger partial charge in [0.05, 0.1) is 11.9 Å². The maximum atomic E-state index is 13.3. The fourth-order valence-electron chi connectivity index (χ4n) is 1.17. The molecule has 0 bridgehead atoms. The van der Waals surface area contributed by atoms with E-state index in [1.807, 2.05) is 0 Å². The first kappa shape index (κ1) is 11.9. The average molecular weight is 276 g/mol. The Bertz CT molecular complexity index is 628. The highest BCUT2D eigenvalue weighted by Crippen LogP contribution is 2.22. The van der Waals surface area contributed by atoms with Crippen LogP contribution in [-0.4, -0.2) is 18.6 Å². The van der Waals surface area contributed by atoms with Crippen molar-refractivity contribution in [3.63, 3.8) is 0 Å². The van der Waals surface area contributed by atoms with Gasteiger partial charge in [0.2, 0.25) is 0 Å². The van der Waals surface area contributed by atoms with Gasteiger partial charge in [-0.1, -0.05) is 11.6 Å². The summed E-state index contributed by atoms with van der Waals surface area (Å²) in [6, 6.07) is 4.84. The number of aromatic nitrogens is 2. The molecule has 0 radical (unpaired) electrons. The number of nitrogens with zero attached hydrogens (tertiary/aromatic N) is 1. The van der Waals surface area contributed by atoms with Crippen LogP contribution in [0, 0.1) is 5.82 Å². The Hall–Kier alpha value is -1.60. The molecule has 0 atom stereocenters. The molecular formula is C9H7ClFN3O2S. The zero-order chi connectivity index (χ0) is 12.5. The lowest BCUT2D eigenvalue weighted by molar-refractivity contribution is 0.594. The second-order valence-corrected chi connectivity index (χ2v) is 5.24. The first-order valence-electron chi connectivity index (χ1n) is 4.46. The molecule has 90 valence electrons. The molecule has 2 rings (SSSR count). The number of aromatic amines is 1. The van der Waals surface area contributed by atoms with Gasteiger partial charge in [0.1, 0.15) is 5.82 Å². The van der Waals surface area contributed by atoms with E-state index in [1.54, 1.807) is 0 Å². The Kier molecular flexibility index (Phi) is 3.03. The van der Waals surface area contributed by atoms with Gasteiger partial charge in [0.25, 0.3) is 10.0 Å². The molecule has 2 N–H and O–H groups in total. The minimum atomic E-state index is -3.88. The molecule has 8 heteroatoms. The summed E-state index contributed by atoms with van der Waals surface area (Å²) in [5.74, 6) is -0.711. The molecule has 5 nitrogen and oxygen atoms in total. The minimum Gasteiger partial charge on any atom is -0.275 e. The summed E-state index contributed by atoms with van der Waals surface area (Å²) in [7, 11) is -3.88. The number of halogens is 2. The third kappa shape index (κ3) is 2.56. The molecule has 1 heterocycles. The summed E-state index contributed by atoms with van der Waals surface area (Å²) in [4.78, 5) is 0. The van der Waals surface area contributed by atoms with Crippen LogP contribution in [0.15, 0.2) is 35.5 Å². The van der Waals surface area contributed by atoms with E-state index in [0.29, 0.717) is 0 Å². The molecule has 0 aliphatic heterocycles. The summed E-state index contributed by atoms with van der Waals surface area (Å²) in [5.41, 5.74) is -0.216. The van der Waals surface area contributed by atoms with Gasteiger partial charge in [-0.25, -0.2) is 4.39 Å². The van der Waals surface area contributed by atoms with Crippen molar-refractivity contribution in [1.29, 1.82) is 0 Å². The molecular weight excluding hydrogens is 269 g/mol. The molecule has 0 fully saturated rings. The number of hydrogen-bond donors (Lipinski definition) is 2. The van der Waals surface area contributed by atoms with E-state index in [4.69, 9.17) is 11.6 Å². The molecule has 0 aliphatic carbocycles. The van der Waals surface area contributed by atoms with Gasteiger partial charge < -0.3 is 0 Å². The predicted octanol–water partition coefficient (Wildman–Crippen LogP) is 2.00. The zero-order valence-corrected chi connectivity index (χ0v) is 9.89. The van der Waals surface area contributed by atoms with Crippen LogP contribution in [0.1, 0.15) is 0 Å². The van der Waals surface area contributed by atoms with E-state index in [2.05, 4.69) is 14.9 Å². The second kappa shape index (κ2) is 4.34. The first-order valence-corrected chi connectivity index (χ1v) is 6.32. The van der Waals surface area contributed by atoms with Gasteiger partial charge in [-0.15, -0.1) is 0 Å². The summed E-state index contributed by atoms with van der Waals surface area (Å²) >= 11 is 5.65. The van der Waals surface area contributed by atoms with Gasteiger partial charge >= 0.3 is 0 Å². The van der Waals surface area contributed by atoms with Gasteiger partial charge in [-0.2, -0.15) is 13.5 Å². The summed E-state index contributed by atoms with van der Waals surface area (Å²) in [5, 5.41) is 5.86. The van der Waals surface area contributed by atoms with Gasteiger partial charge in [-0.05, 0) is 24.3 Å². The second-order valence-electron chi connectivity index (χ2n) is 3.15. The lowest BCUT2D eigenvalue weighted by atomic mass is 10.3. The van der Waals surface area contributed by atoms with Crippen LogP contribution in [-0.2, 0) is 10.0 Å². The zero-order valence-electron chi connectivity index (χ0n) is 8.31. The van der Waals surface area contributed by atoms with Gasteiger partial charge in [0, 0.05) is 5.02 Å². The maximum absolute atomic E-state index is 13.3. The molecule has 17 heavy (non-hydrogen) atoms. The lowest BCUT2D eigenvalue weighted by Gasteiger charge is -2.07. The van der Waals surface area contributed by atoms with Crippen LogP contribution in [0.2, 0.25) is 5.02 Å². The van der Waals surface area contributed by atoms with Crippen molar-refractivity contribution in [2.45, 2.75) is 5.03 Å². The Morgan fingerprint density at radius 3 is 2.76 bits per heavy atom. The molecule has 0 amide bonds. The molecule has 0 aliphatic rings. The lowest BCUT2D eigenvalue weighted by Crippen LogP contribution is -2.14. The molecule has 1 aromatic heterocycles. The Morgan fingerprint density at radius 1 is 1.35 bits per heavy atom. The SMILES string of the molecule is O=S(=O)(Nc1cc(Cl)ccc1F)c1ccn[nH]1. The average Bonchev–Trinajstić information content (AvgIpc) is 2.77. The Labute approximate surface area is 102 Å². The summed E-state index contributed by atoms with van der Waals surface area (Å²) < 4.78 is 38.9. The topological polar surface area (TPSA) is 74.8 Å². The van der Waals surface area contributed by atoms with Gasteiger partial charge in [-0.3, -0.25) is 9.82 Å². The standard InChI is InChI=1S/C9H7ClFN3O2S/c10-6-1-2-7(11)8(5-6)14-17(15,16)9-3-4-12-13-9/h1-5,14H,(H,12,13). The molecule has 0 saturated heterocycles. The smallest absolute Gasteiger partial charge is 0.275 e. The Morgan fingerprint density at radius 2 is 2.12 bits per heavy atom. The van der Waals surface area contributed by atoms with E-state index in [9.17, 15) is 12.8 Å². The van der Waals surface area contributed by atoms with Crippen LogP contribution in [0.3, 0.4) is 0 Å². The van der Waals surface area contributed by atoms with Crippen LogP contribution in [0.5, 0.6) is 0 Å². The van der Waals surface area contributed by atoms with Crippen molar-refractivity contribution in [2.75, 3.05) is 4.72 Å². The number of H-pyrrole nitrogens is 1. The highest BCUT2D eigenvalue weighted by Gasteiger charge is 2.17. The summed E-state index contributed by atoms with van der Waals surface area (Å²) in [6.07, 6.45) is 1.28. The number of benzene rings is 1. The number of sulfonamides is 1. The highest BCUT2D eigenvalue weighted by atomic mass is 35.5. The largest absolute Gasteiger partial charge is 0.278 e. The maximum Gasteiger partial charge on any atom is 0.278 e. The van der Waals surface area contributed by atoms with Crippen LogP contribution in [0.4, 0.5) is 10.1 Å². The van der Waals surface area contributed by atoms with E-state index in [-0.39, 0.29) is 15.7 Å². The normalized spacial score (nSPS) is 11.4. The van der Waals surface area contributed by atoms with E-state index < -0.39 is 15.8 Å². The van der Waals surface area contributed by atoms with Crippen LogP contribution >= 0.6 is 11.6 Å². The quantitative estimate of drug-likeness (QED) is 0.900. The van der Waals surface area contributed by atoms with Crippen molar-refractivity contribution in [2.24, 2.45) is 0 Å². The number of nitrogens with one attached hydrogen (secondary N) is 2. The minimum absolute atomic E-state index is 0.156. The Balaban J connectivity index is 2.36. The third-order valence-electron chi connectivity index (χ3n) is 1.94.